The van der Waals surface area contributed by atoms with E-state index >= 15 is 0 Å². The molecule has 0 bridgehead atoms. The van der Waals surface area contributed by atoms with Crippen molar-refractivity contribution in [2.45, 2.75) is 163 Å². The summed E-state index contributed by atoms with van der Waals surface area (Å²) in [7, 11) is -6.31. The van der Waals surface area contributed by atoms with Gasteiger partial charge in [0.15, 0.2) is 0 Å². The second-order valence-electron chi connectivity index (χ2n) is 18.8. The van der Waals surface area contributed by atoms with Crippen molar-refractivity contribution >= 4 is 31.9 Å². The minimum atomic E-state index is -4.61. The number of carbonyl (C=O) groups excluding carboxylic acids is 2. The molecule has 20 heteroatoms. The van der Waals surface area contributed by atoms with Gasteiger partial charge in [0.05, 0.1) is 20.9 Å². The van der Waals surface area contributed by atoms with Gasteiger partial charge < -0.3 is 20.9 Å². The summed E-state index contributed by atoms with van der Waals surface area (Å²) in [6.45, 7) is 10.0. The molecule has 6 rings (SSSR count). The van der Waals surface area contributed by atoms with Gasteiger partial charge in [0.25, 0.3) is 0 Å². The fourth-order valence-corrected chi connectivity index (χ4v) is 12.9. The van der Waals surface area contributed by atoms with Crippen LogP contribution in [-0.2, 0) is 42.0 Å². The first-order valence-electron chi connectivity index (χ1n) is 22.7. The van der Waals surface area contributed by atoms with Crippen LogP contribution in [0.3, 0.4) is 0 Å². The zero-order valence-electron chi connectivity index (χ0n) is 38.0. The average Bonchev–Trinajstić information content (AvgIpc) is 4.18. The average molecular weight is 965 g/mol. The molecule has 0 radical (unpaired) electrons. The predicted molar refractivity (Wildman–Crippen MR) is 235 cm³/mol. The lowest BCUT2D eigenvalue weighted by molar-refractivity contribution is -0.138. The number of benzene rings is 2. The van der Waals surface area contributed by atoms with Crippen molar-refractivity contribution in [1.82, 2.24) is 23.7 Å². The Hall–Kier alpha value is -3.30. The van der Waals surface area contributed by atoms with Gasteiger partial charge in [0.2, 0.25) is 31.9 Å². The molecule has 12 nitrogen and oxygen atoms in total. The number of carbonyl (C=O) groups is 2. The molecule has 3 N–H and O–H groups in total. The van der Waals surface area contributed by atoms with E-state index in [4.69, 9.17) is 5.73 Å². The normalized spacial score (nSPS) is 19.4. The number of amides is 2. The van der Waals surface area contributed by atoms with Crippen LogP contribution < -0.4 is 11.1 Å². The predicted octanol–water partition coefficient (Wildman–Crippen LogP) is 7.49. The Morgan fingerprint density at radius 2 is 0.985 bits per heavy atom. The first-order valence-corrected chi connectivity index (χ1v) is 25.6. The smallest absolute Gasteiger partial charge is 0.343 e. The molecule has 2 saturated heterocycles. The number of hydrogen-bond acceptors (Lipinski definition) is 8. The summed E-state index contributed by atoms with van der Waals surface area (Å²) in [5.41, 5.74) is 4.10. The van der Waals surface area contributed by atoms with Gasteiger partial charge in [-0.3, -0.25) is 9.59 Å². The third-order valence-electron chi connectivity index (χ3n) is 12.4. The molecular formula is C45H66F6N6O6S2. The van der Waals surface area contributed by atoms with Crippen molar-refractivity contribution in [2.24, 2.45) is 17.6 Å². The Morgan fingerprint density at radius 3 is 1.31 bits per heavy atom. The van der Waals surface area contributed by atoms with Crippen LogP contribution in [-0.4, -0.2) is 117 Å². The van der Waals surface area contributed by atoms with Gasteiger partial charge in [-0.1, -0.05) is 39.8 Å². The van der Waals surface area contributed by atoms with Crippen molar-refractivity contribution in [3.05, 3.63) is 59.7 Å². The molecule has 4 aliphatic rings. The van der Waals surface area contributed by atoms with E-state index in [1.54, 1.807) is 9.80 Å². The van der Waals surface area contributed by atoms with Crippen LogP contribution in [0.25, 0.3) is 0 Å². The number of likely N-dealkylation sites (tertiary alicyclic amines) is 2. The van der Waals surface area contributed by atoms with Gasteiger partial charge in [-0.25, -0.2) is 16.8 Å². The van der Waals surface area contributed by atoms with E-state index in [9.17, 15) is 52.8 Å². The Labute approximate surface area is 380 Å². The van der Waals surface area contributed by atoms with E-state index in [-0.39, 0.29) is 64.3 Å². The lowest BCUT2D eigenvalue weighted by Crippen LogP contribution is -2.50. The molecule has 2 aliphatic heterocycles. The quantitative estimate of drug-likeness (QED) is 0.155. The van der Waals surface area contributed by atoms with E-state index in [0.29, 0.717) is 102 Å². The van der Waals surface area contributed by atoms with Crippen LogP contribution in [0.2, 0.25) is 0 Å². The summed E-state index contributed by atoms with van der Waals surface area (Å²) in [5.74, 6) is 0.883. The Bertz CT molecular complexity index is 2130. The summed E-state index contributed by atoms with van der Waals surface area (Å²) in [6, 6.07) is 6.74. The van der Waals surface area contributed by atoms with Crippen molar-refractivity contribution in [2.75, 3.05) is 33.2 Å². The molecule has 2 amide bonds. The number of alkyl halides is 6. The summed E-state index contributed by atoms with van der Waals surface area (Å²) in [5, 5.41) is 3.19. The Kier molecular flexibility index (Phi) is 17.6. The molecule has 4 fully saturated rings. The number of rotatable bonds is 17. The highest BCUT2D eigenvalue weighted by atomic mass is 32.2. The highest BCUT2D eigenvalue weighted by Crippen LogP contribution is 2.40. The monoisotopic (exact) mass is 964 g/mol. The Balaban J connectivity index is 0.000000244. The number of piperidine rings is 2. The van der Waals surface area contributed by atoms with Gasteiger partial charge in [-0.15, -0.1) is 0 Å². The molecule has 2 heterocycles. The summed E-state index contributed by atoms with van der Waals surface area (Å²) >= 11 is 0. The SMILES string of the molecule is CC(C)C[C@H](N)CC(=O)N1CCC(N(C2CC2)S(=O)(=O)c2cccc(C(F)(F)F)c2)CC1.CN[C@H](CC(=O)N1CCC(N(C2CC2)S(=O)(=O)c2cccc(C(F)(F)F)c2)CC1)CC(C)C. The van der Waals surface area contributed by atoms with E-state index in [2.05, 4.69) is 19.2 Å². The molecule has 0 spiro atoms. The maximum Gasteiger partial charge on any atom is 0.416 e. The fourth-order valence-electron chi connectivity index (χ4n) is 8.94. The van der Waals surface area contributed by atoms with Crippen LogP contribution in [0.5, 0.6) is 0 Å². The third-order valence-corrected chi connectivity index (χ3v) is 16.4. The van der Waals surface area contributed by atoms with Crippen molar-refractivity contribution in [1.29, 1.82) is 0 Å². The number of nitrogens with one attached hydrogen (secondary N) is 1. The second kappa shape index (κ2) is 21.8. The third kappa shape index (κ3) is 14.4. The molecular weight excluding hydrogens is 899 g/mol. The number of nitrogens with zero attached hydrogens (tertiary/aromatic N) is 4. The largest absolute Gasteiger partial charge is 0.416 e. The molecule has 2 atom stereocenters. The van der Waals surface area contributed by atoms with Crippen LogP contribution >= 0.6 is 0 Å². The van der Waals surface area contributed by atoms with E-state index in [1.165, 1.54) is 20.7 Å². The van der Waals surface area contributed by atoms with Crippen molar-refractivity contribution in [3.63, 3.8) is 0 Å². The Morgan fingerprint density at radius 1 is 0.631 bits per heavy atom. The summed E-state index contributed by atoms with van der Waals surface area (Å²) < 4.78 is 135. The van der Waals surface area contributed by atoms with Crippen LogP contribution in [0, 0.1) is 11.8 Å². The number of halogens is 6. The number of nitrogens with two attached hydrogens (primary N) is 1. The summed E-state index contributed by atoms with van der Waals surface area (Å²) in [4.78, 5) is 28.2. The van der Waals surface area contributed by atoms with Crippen LogP contribution in [0.4, 0.5) is 26.3 Å². The van der Waals surface area contributed by atoms with Crippen molar-refractivity contribution < 1.29 is 52.8 Å². The van der Waals surface area contributed by atoms with E-state index in [0.717, 1.165) is 43.2 Å². The standard InChI is InChI=1S/C23H34F3N3O3S.C22H32F3N3O3S/c1-16(2)13-18(27-3)15-22(30)28-11-9-20(10-12-28)29(19-7-8-19)33(31,32)21-6-4-5-17(14-21)23(24,25)26;1-15(2)12-17(26)14-21(29)27-10-8-19(9-11-27)28(18-6-7-18)32(30,31)20-5-3-4-16(13-20)22(23,24)25/h4-6,14,16,18-20,27H,7-13,15H2,1-3H3;3-5,13,15,17-19H,6-12,14,26H2,1-2H3/t18-;17-/m00/s1. The van der Waals surface area contributed by atoms with Crippen LogP contribution in [0.1, 0.15) is 116 Å². The highest BCUT2D eigenvalue weighted by Gasteiger charge is 2.46. The maximum atomic E-state index is 13.4. The molecule has 2 aliphatic carbocycles. The highest BCUT2D eigenvalue weighted by molar-refractivity contribution is 7.89. The van der Waals surface area contributed by atoms with Crippen molar-refractivity contribution in [3.8, 4) is 0 Å². The molecule has 2 saturated carbocycles. The molecule has 0 unspecified atom stereocenters. The molecule has 0 aromatic heterocycles. The molecule has 366 valence electrons. The molecule has 2 aromatic carbocycles. The van der Waals surface area contributed by atoms with E-state index < -0.39 is 43.5 Å². The van der Waals surface area contributed by atoms with Gasteiger partial charge in [-0.2, -0.15) is 35.0 Å². The maximum absolute atomic E-state index is 13.4. The fraction of sp³-hybridized carbons (Fsp3) is 0.689. The first-order chi connectivity index (χ1) is 30.3. The zero-order valence-corrected chi connectivity index (χ0v) is 39.6. The molecule has 2 aromatic rings. The number of hydrogen-bond donors (Lipinski definition) is 2. The van der Waals surface area contributed by atoms with Gasteiger partial charge in [0, 0.05) is 75.3 Å². The summed E-state index contributed by atoms with van der Waals surface area (Å²) in [6.07, 6.45) is -2.23. The minimum absolute atomic E-state index is 0.0321. The van der Waals surface area contributed by atoms with Gasteiger partial charge >= 0.3 is 12.4 Å². The van der Waals surface area contributed by atoms with Crippen LogP contribution in [0.15, 0.2) is 58.3 Å². The minimum Gasteiger partial charge on any atom is -0.343 e. The zero-order chi connectivity index (χ0) is 48.1. The van der Waals surface area contributed by atoms with Gasteiger partial charge in [0.1, 0.15) is 0 Å². The number of sulfonamides is 2. The van der Waals surface area contributed by atoms with Gasteiger partial charge in [-0.05, 0) is 119 Å². The van der Waals surface area contributed by atoms with E-state index in [1.807, 2.05) is 20.9 Å². The molecule has 65 heavy (non-hydrogen) atoms. The lowest BCUT2D eigenvalue weighted by Gasteiger charge is -2.38. The first kappa shape index (κ1) is 52.7. The second-order valence-corrected chi connectivity index (χ2v) is 22.5. The lowest BCUT2D eigenvalue weighted by atomic mass is 9.99. The topological polar surface area (TPSA) is 153 Å².